The minimum atomic E-state index is 0.222. The van der Waals surface area contributed by atoms with E-state index in [9.17, 15) is 9.59 Å². The van der Waals surface area contributed by atoms with Crippen molar-refractivity contribution in [1.29, 1.82) is 0 Å². The van der Waals surface area contributed by atoms with E-state index in [1.54, 1.807) is 12.4 Å². The van der Waals surface area contributed by atoms with Crippen LogP contribution in [-0.2, 0) is 9.59 Å². The number of hydrogen-bond donors (Lipinski definition) is 1. The van der Waals surface area contributed by atoms with E-state index in [1.165, 1.54) is 0 Å². The predicted molar refractivity (Wildman–Crippen MR) is 110 cm³/mol. The van der Waals surface area contributed by atoms with Crippen LogP contribution < -0.4 is 5.32 Å². The van der Waals surface area contributed by atoms with Crippen LogP contribution in [0.4, 0.5) is 5.69 Å². The van der Waals surface area contributed by atoms with Gasteiger partial charge < -0.3 is 10.1 Å². The summed E-state index contributed by atoms with van der Waals surface area (Å²) in [7, 11) is 0. The number of aromatic nitrogens is 3. The molecule has 3 aromatic rings. The molecule has 4 rings (SSSR count). The van der Waals surface area contributed by atoms with Crippen LogP contribution in [0.5, 0.6) is 0 Å². The largest absolute Gasteiger partial charge is 0.329 e. The number of aryl methyl sites for hydroxylation is 1. The number of halogens is 1. The third kappa shape index (κ3) is 5.16. The third-order valence-corrected chi connectivity index (χ3v) is 5.10. The lowest BCUT2D eigenvalue weighted by Gasteiger charge is -2.25. The lowest BCUT2D eigenvalue weighted by Crippen LogP contribution is -2.19. The lowest BCUT2D eigenvalue weighted by molar-refractivity contribution is -0.112. The van der Waals surface area contributed by atoms with Crippen molar-refractivity contribution >= 4 is 40.9 Å². The molecule has 0 aliphatic heterocycles. The molecule has 1 N–H and O–H groups in total. The van der Waals surface area contributed by atoms with E-state index in [0.717, 1.165) is 54.1 Å². The molecule has 0 radical (unpaired) electrons. The normalized spacial score (nSPS) is 18.8. The molecule has 1 saturated carbocycles. The quantitative estimate of drug-likeness (QED) is 0.652. The van der Waals surface area contributed by atoms with E-state index in [-0.39, 0.29) is 5.92 Å². The first-order valence-electron chi connectivity index (χ1n) is 9.30. The number of amides is 1. The Balaban J connectivity index is 0.000000236. The fourth-order valence-electron chi connectivity index (χ4n) is 3.41. The molecular weight excluding hydrogens is 376 g/mol. The van der Waals surface area contributed by atoms with Gasteiger partial charge in [-0.3, -0.25) is 14.5 Å². The second kappa shape index (κ2) is 9.46. The fraction of sp³-hybridized carbons (Fsp3) is 0.333. The number of carbonyl (C=O) groups is 2. The smallest absolute Gasteiger partial charge is 0.211 e. The van der Waals surface area contributed by atoms with Gasteiger partial charge in [-0.25, -0.2) is 0 Å². The molecule has 28 heavy (non-hydrogen) atoms. The van der Waals surface area contributed by atoms with Gasteiger partial charge >= 0.3 is 0 Å². The summed E-state index contributed by atoms with van der Waals surface area (Å²) in [6, 6.07) is 7.92. The summed E-state index contributed by atoms with van der Waals surface area (Å²) < 4.78 is 2.01. The van der Waals surface area contributed by atoms with Crippen molar-refractivity contribution in [3.05, 3.63) is 53.4 Å². The van der Waals surface area contributed by atoms with Crippen molar-refractivity contribution in [3.8, 4) is 0 Å². The number of anilines is 1. The van der Waals surface area contributed by atoms with Gasteiger partial charge in [0.1, 0.15) is 6.29 Å². The Labute approximate surface area is 168 Å². The standard InChI is InChI=1S/C15H17N3O2.C6H6ClN/c19-9-11-1-4-14(5-2-11)18-8-12-7-13(16-10-20)3-6-15(12)17-18;1-5-2-6(7)4-8-3-5/h3,6-11,14H,1-2,4-5H2,(H,16,20);2-4H,1H3. The highest BCUT2D eigenvalue weighted by Gasteiger charge is 2.22. The molecule has 0 atom stereocenters. The van der Waals surface area contributed by atoms with E-state index >= 15 is 0 Å². The highest BCUT2D eigenvalue weighted by Crippen LogP contribution is 2.32. The van der Waals surface area contributed by atoms with Crippen LogP contribution in [0.25, 0.3) is 10.9 Å². The number of pyridine rings is 1. The Kier molecular flexibility index (Phi) is 6.76. The summed E-state index contributed by atoms with van der Waals surface area (Å²) >= 11 is 5.58. The minimum Gasteiger partial charge on any atom is -0.329 e. The van der Waals surface area contributed by atoms with Crippen molar-refractivity contribution < 1.29 is 9.59 Å². The Morgan fingerprint density at radius 3 is 2.54 bits per heavy atom. The van der Waals surface area contributed by atoms with Gasteiger partial charge in [-0.1, -0.05) is 11.6 Å². The Morgan fingerprint density at radius 2 is 1.93 bits per heavy atom. The summed E-state index contributed by atoms with van der Waals surface area (Å²) in [6.45, 7) is 1.96. The third-order valence-electron chi connectivity index (χ3n) is 4.90. The summed E-state index contributed by atoms with van der Waals surface area (Å²) in [6.07, 6.45) is 11.1. The summed E-state index contributed by atoms with van der Waals surface area (Å²) in [5.41, 5.74) is 2.80. The van der Waals surface area contributed by atoms with Crippen molar-refractivity contribution in [2.75, 3.05) is 5.32 Å². The van der Waals surface area contributed by atoms with E-state index in [4.69, 9.17) is 11.6 Å². The molecule has 0 bridgehead atoms. The number of nitrogens with zero attached hydrogens (tertiary/aromatic N) is 3. The number of fused-ring (bicyclic) bond motifs is 1. The molecule has 1 aromatic carbocycles. The van der Waals surface area contributed by atoms with Gasteiger partial charge in [0, 0.05) is 35.6 Å². The van der Waals surface area contributed by atoms with E-state index in [1.807, 2.05) is 42.1 Å². The van der Waals surface area contributed by atoms with Gasteiger partial charge in [-0.05, 0) is 62.4 Å². The summed E-state index contributed by atoms with van der Waals surface area (Å²) in [5.74, 6) is 0.222. The van der Waals surface area contributed by atoms with E-state index in [2.05, 4.69) is 15.4 Å². The van der Waals surface area contributed by atoms with Crippen LogP contribution in [0, 0.1) is 12.8 Å². The maximum absolute atomic E-state index is 10.8. The zero-order valence-corrected chi connectivity index (χ0v) is 16.5. The van der Waals surface area contributed by atoms with Crippen molar-refractivity contribution in [2.24, 2.45) is 5.92 Å². The highest BCUT2D eigenvalue weighted by molar-refractivity contribution is 6.30. The molecule has 1 fully saturated rings. The van der Waals surface area contributed by atoms with E-state index in [0.29, 0.717) is 17.5 Å². The van der Waals surface area contributed by atoms with Crippen LogP contribution in [0.3, 0.4) is 0 Å². The van der Waals surface area contributed by atoms with Crippen molar-refractivity contribution in [3.63, 3.8) is 0 Å². The van der Waals surface area contributed by atoms with Gasteiger partial charge in [0.25, 0.3) is 0 Å². The molecule has 2 heterocycles. The molecule has 6 nitrogen and oxygen atoms in total. The summed E-state index contributed by atoms with van der Waals surface area (Å²) in [4.78, 5) is 25.1. The fourth-order valence-corrected chi connectivity index (χ4v) is 3.64. The van der Waals surface area contributed by atoms with Gasteiger partial charge in [0.2, 0.25) is 6.41 Å². The molecule has 2 aromatic heterocycles. The first-order valence-corrected chi connectivity index (χ1v) is 9.68. The minimum absolute atomic E-state index is 0.222. The van der Waals surface area contributed by atoms with Crippen LogP contribution in [0.1, 0.15) is 37.3 Å². The van der Waals surface area contributed by atoms with Crippen molar-refractivity contribution in [1.82, 2.24) is 14.8 Å². The number of nitrogens with one attached hydrogen (secondary N) is 1. The summed E-state index contributed by atoms with van der Waals surface area (Å²) in [5, 5.41) is 8.97. The van der Waals surface area contributed by atoms with Crippen LogP contribution in [0.15, 0.2) is 42.9 Å². The second-order valence-corrected chi connectivity index (χ2v) is 7.47. The SMILES string of the molecule is Cc1cncc(Cl)c1.O=CNc1ccc2nn(C3CCC(C=O)CC3)cc2c1. The number of hydrogen-bond acceptors (Lipinski definition) is 4. The highest BCUT2D eigenvalue weighted by atomic mass is 35.5. The number of aldehydes is 1. The zero-order chi connectivity index (χ0) is 19.9. The molecular formula is C21H23ClN4O2. The molecule has 1 amide bonds. The monoisotopic (exact) mass is 398 g/mol. The average Bonchev–Trinajstić information content (AvgIpc) is 3.12. The number of rotatable bonds is 4. The van der Waals surface area contributed by atoms with Crippen LogP contribution >= 0.6 is 11.6 Å². The molecule has 1 aliphatic carbocycles. The zero-order valence-electron chi connectivity index (χ0n) is 15.7. The Bertz CT molecular complexity index is 931. The number of benzene rings is 1. The van der Waals surface area contributed by atoms with Gasteiger partial charge in [-0.15, -0.1) is 0 Å². The van der Waals surface area contributed by atoms with Crippen LogP contribution in [0.2, 0.25) is 5.02 Å². The number of carbonyl (C=O) groups excluding carboxylic acids is 2. The average molecular weight is 399 g/mol. The van der Waals surface area contributed by atoms with Crippen LogP contribution in [-0.4, -0.2) is 27.5 Å². The van der Waals surface area contributed by atoms with Crippen molar-refractivity contribution in [2.45, 2.75) is 38.6 Å². The first kappa shape index (κ1) is 20.0. The first-order chi connectivity index (χ1) is 13.6. The van der Waals surface area contributed by atoms with Gasteiger partial charge in [0.05, 0.1) is 16.6 Å². The molecule has 0 saturated heterocycles. The second-order valence-electron chi connectivity index (χ2n) is 7.03. The Hall–Kier alpha value is -2.73. The lowest BCUT2D eigenvalue weighted by atomic mass is 9.87. The molecule has 7 heteroatoms. The molecule has 0 unspecified atom stereocenters. The Morgan fingerprint density at radius 1 is 1.14 bits per heavy atom. The maximum Gasteiger partial charge on any atom is 0.211 e. The van der Waals surface area contributed by atoms with Gasteiger partial charge in [0.15, 0.2) is 0 Å². The maximum atomic E-state index is 10.8. The molecule has 0 spiro atoms. The topological polar surface area (TPSA) is 76.9 Å². The predicted octanol–water partition coefficient (Wildman–Crippen LogP) is 4.58. The van der Waals surface area contributed by atoms with Gasteiger partial charge in [-0.2, -0.15) is 5.10 Å². The molecule has 1 aliphatic rings. The molecule has 146 valence electrons. The van der Waals surface area contributed by atoms with E-state index < -0.39 is 0 Å².